The molecule has 0 radical (unpaired) electrons. The molecular weight excluding hydrogens is 282 g/mol. The highest BCUT2D eigenvalue weighted by atomic mass is 32.1. The van der Waals surface area contributed by atoms with Gasteiger partial charge in [-0.25, -0.2) is 9.78 Å². The molecule has 0 amide bonds. The number of carboxylic acid groups (broad SMARTS) is 1. The van der Waals surface area contributed by atoms with Crippen molar-refractivity contribution in [3.05, 3.63) is 40.2 Å². The molecule has 1 aromatic heterocycles. The lowest BCUT2D eigenvalue weighted by Gasteiger charge is -2.18. The Morgan fingerprint density at radius 3 is 2.62 bits per heavy atom. The standard InChI is InChI=1S/C17H17NO2S/c19-17(20)15-14(11-4-2-1-3-5-11)18-16(21-15)13-9-10-6-7-12(13)8-10/h1-5,10,12-13H,6-9H2,(H,19,20). The van der Waals surface area contributed by atoms with Crippen LogP contribution in [0.25, 0.3) is 11.3 Å². The Kier molecular flexibility index (Phi) is 3.07. The summed E-state index contributed by atoms with van der Waals surface area (Å²) in [5.74, 6) is 1.20. The molecule has 2 fully saturated rings. The zero-order valence-corrected chi connectivity index (χ0v) is 12.5. The van der Waals surface area contributed by atoms with Crippen molar-refractivity contribution in [3.8, 4) is 11.3 Å². The number of fused-ring (bicyclic) bond motifs is 2. The number of hydrogen-bond donors (Lipinski definition) is 1. The van der Waals surface area contributed by atoms with E-state index in [0.717, 1.165) is 22.4 Å². The lowest BCUT2D eigenvalue weighted by Crippen LogP contribution is -2.07. The number of benzene rings is 1. The van der Waals surface area contributed by atoms with Crippen LogP contribution in [-0.2, 0) is 0 Å². The fourth-order valence-electron chi connectivity index (χ4n) is 3.98. The summed E-state index contributed by atoms with van der Waals surface area (Å²) in [6.07, 6.45) is 5.15. The predicted octanol–water partition coefficient (Wildman–Crippen LogP) is 4.41. The number of thiazole rings is 1. The third kappa shape index (κ3) is 2.18. The number of carboxylic acids is 1. The average Bonchev–Trinajstić information content (AvgIpc) is 3.22. The first-order valence-electron chi connectivity index (χ1n) is 7.52. The van der Waals surface area contributed by atoms with Crippen LogP contribution >= 0.6 is 11.3 Å². The zero-order valence-electron chi connectivity index (χ0n) is 11.7. The molecule has 2 saturated carbocycles. The first-order valence-corrected chi connectivity index (χ1v) is 8.33. The minimum absolute atomic E-state index is 0.388. The summed E-state index contributed by atoms with van der Waals surface area (Å²) in [6.45, 7) is 0. The molecule has 2 bridgehead atoms. The van der Waals surface area contributed by atoms with E-state index in [2.05, 4.69) is 0 Å². The predicted molar refractivity (Wildman–Crippen MR) is 82.7 cm³/mol. The number of carbonyl (C=O) groups is 1. The molecule has 2 aliphatic rings. The van der Waals surface area contributed by atoms with Crippen molar-refractivity contribution in [1.82, 2.24) is 4.98 Å². The highest BCUT2D eigenvalue weighted by Crippen LogP contribution is 2.54. The minimum Gasteiger partial charge on any atom is -0.477 e. The van der Waals surface area contributed by atoms with Gasteiger partial charge in [0.05, 0.1) is 10.7 Å². The smallest absolute Gasteiger partial charge is 0.348 e. The van der Waals surface area contributed by atoms with Gasteiger partial charge < -0.3 is 5.11 Å². The molecule has 4 heteroatoms. The van der Waals surface area contributed by atoms with E-state index in [1.54, 1.807) is 0 Å². The second-order valence-corrected chi connectivity index (χ2v) is 7.21. The van der Waals surface area contributed by atoms with E-state index in [1.807, 2.05) is 30.3 Å². The summed E-state index contributed by atoms with van der Waals surface area (Å²) < 4.78 is 0. The van der Waals surface area contributed by atoms with Crippen molar-refractivity contribution in [3.63, 3.8) is 0 Å². The van der Waals surface area contributed by atoms with Gasteiger partial charge in [-0.2, -0.15) is 0 Å². The van der Waals surface area contributed by atoms with Crippen molar-refractivity contribution >= 4 is 17.3 Å². The Morgan fingerprint density at radius 2 is 2.00 bits per heavy atom. The first-order chi connectivity index (χ1) is 10.2. The van der Waals surface area contributed by atoms with Gasteiger partial charge in [0.15, 0.2) is 0 Å². The van der Waals surface area contributed by atoms with E-state index in [-0.39, 0.29) is 0 Å². The Balaban J connectivity index is 1.75. The molecule has 3 atom stereocenters. The first kappa shape index (κ1) is 13.0. The molecule has 2 aliphatic carbocycles. The van der Waals surface area contributed by atoms with Gasteiger partial charge in [-0.05, 0) is 31.1 Å². The van der Waals surface area contributed by atoms with Crippen LogP contribution in [0.4, 0.5) is 0 Å². The summed E-state index contributed by atoms with van der Waals surface area (Å²) in [6, 6.07) is 9.67. The van der Waals surface area contributed by atoms with Crippen LogP contribution in [-0.4, -0.2) is 16.1 Å². The maximum absolute atomic E-state index is 11.6. The highest BCUT2D eigenvalue weighted by Gasteiger charge is 2.42. The van der Waals surface area contributed by atoms with E-state index in [1.165, 1.54) is 37.0 Å². The van der Waals surface area contributed by atoms with Gasteiger partial charge in [0.1, 0.15) is 4.88 Å². The fourth-order valence-corrected chi connectivity index (χ4v) is 5.11. The van der Waals surface area contributed by atoms with Crippen molar-refractivity contribution in [2.75, 3.05) is 0 Å². The van der Waals surface area contributed by atoms with Gasteiger partial charge in [-0.3, -0.25) is 0 Å². The van der Waals surface area contributed by atoms with Crippen molar-refractivity contribution < 1.29 is 9.90 Å². The van der Waals surface area contributed by atoms with Gasteiger partial charge in [-0.1, -0.05) is 36.8 Å². The Labute approximate surface area is 127 Å². The second-order valence-electron chi connectivity index (χ2n) is 6.18. The van der Waals surface area contributed by atoms with Gasteiger partial charge >= 0.3 is 5.97 Å². The molecule has 1 heterocycles. The number of aromatic nitrogens is 1. The van der Waals surface area contributed by atoms with Gasteiger partial charge in [-0.15, -0.1) is 11.3 Å². The van der Waals surface area contributed by atoms with Crippen LogP contribution in [0.15, 0.2) is 30.3 Å². The molecule has 0 aliphatic heterocycles. The SMILES string of the molecule is O=C(O)c1sc(C2CC3CCC2C3)nc1-c1ccccc1. The molecule has 2 aromatic rings. The number of aromatic carboxylic acids is 1. The molecule has 3 unspecified atom stereocenters. The number of hydrogen-bond acceptors (Lipinski definition) is 3. The van der Waals surface area contributed by atoms with E-state index in [4.69, 9.17) is 4.98 Å². The van der Waals surface area contributed by atoms with Gasteiger partial charge in [0, 0.05) is 11.5 Å². The van der Waals surface area contributed by atoms with Gasteiger partial charge in [0.25, 0.3) is 0 Å². The van der Waals surface area contributed by atoms with E-state index in [9.17, 15) is 9.90 Å². The summed E-state index contributed by atoms with van der Waals surface area (Å²) in [5, 5.41) is 10.5. The monoisotopic (exact) mass is 299 g/mol. The van der Waals surface area contributed by atoms with Crippen LogP contribution < -0.4 is 0 Å². The van der Waals surface area contributed by atoms with Crippen LogP contribution in [0.2, 0.25) is 0 Å². The quantitative estimate of drug-likeness (QED) is 0.913. The highest BCUT2D eigenvalue weighted by molar-refractivity contribution is 7.14. The van der Waals surface area contributed by atoms with E-state index < -0.39 is 5.97 Å². The maximum atomic E-state index is 11.6. The number of nitrogens with zero attached hydrogens (tertiary/aromatic N) is 1. The normalized spacial score (nSPS) is 27.1. The summed E-state index contributed by atoms with van der Waals surface area (Å²) in [7, 11) is 0. The molecule has 1 aromatic carbocycles. The summed E-state index contributed by atoms with van der Waals surface area (Å²) in [5.41, 5.74) is 1.55. The third-order valence-corrected chi connectivity index (χ3v) is 6.12. The molecule has 0 saturated heterocycles. The third-order valence-electron chi connectivity index (χ3n) is 4.94. The van der Waals surface area contributed by atoms with Crippen LogP contribution in [0, 0.1) is 11.8 Å². The lowest BCUT2D eigenvalue weighted by molar-refractivity contribution is 0.0702. The van der Waals surface area contributed by atoms with E-state index in [0.29, 0.717) is 16.5 Å². The van der Waals surface area contributed by atoms with E-state index >= 15 is 0 Å². The topological polar surface area (TPSA) is 50.2 Å². The van der Waals surface area contributed by atoms with Gasteiger partial charge in [0.2, 0.25) is 0 Å². The lowest BCUT2D eigenvalue weighted by atomic mass is 9.89. The summed E-state index contributed by atoms with van der Waals surface area (Å²) in [4.78, 5) is 16.7. The molecule has 4 rings (SSSR count). The molecule has 1 N–H and O–H groups in total. The Bertz CT molecular complexity index is 679. The molecule has 3 nitrogen and oxygen atoms in total. The summed E-state index contributed by atoms with van der Waals surface area (Å²) >= 11 is 1.39. The number of rotatable bonds is 3. The average molecular weight is 299 g/mol. The zero-order chi connectivity index (χ0) is 14.4. The van der Waals surface area contributed by atoms with Crippen LogP contribution in [0.5, 0.6) is 0 Å². The van der Waals surface area contributed by atoms with Crippen molar-refractivity contribution in [2.24, 2.45) is 11.8 Å². The van der Waals surface area contributed by atoms with Crippen LogP contribution in [0.1, 0.15) is 46.3 Å². The molecule has 0 spiro atoms. The molecule has 108 valence electrons. The fraction of sp³-hybridized carbons (Fsp3) is 0.412. The minimum atomic E-state index is -0.860. The van der Waals surface area contributed by atoms with Crippen LogP contribution in [0.3, 0.4) is 0 Å². The Morgan fingerprint density at radius 1 is 1.19 bits per heavy atom. The molecular formula is C17H17NO2S. The van der Waals surface area contributed by atoms with Crippen molar-refractivity contribution in [1.29, 1.82) is 0 Å². The van der Waals surface area contributed by atoms with Crippen molar-refractivity contribution in [2.45, 2.75) is 31.6 Å². The maximum Gasteiger partial charge on any atom is 0.348 e. The largest absolute Gasteiger partial charge is 0.477 e. The second kappa shape index (κ2) is 4.95. The molecule has 21 heavy (non-hydrogen) atoms. The Hall–Kier alpha value is -1.68.